The molecule has 5 aromatic carbocycles. The van der Waals surface area contributed by atoms with Crippen LogP contribution in [0.2, 0.25) is 0 Å². The van der Waals surface area contributed by atoms with E-state index in [0.29, 0.717) is 11.8 Å². The molecule has 230 valence electrons. The fraction of sp³-hybridized carbons (Fsp3) is 0.0698. The summed E-state index contributed by atoms with van der Waals surface area (Å²) in [6.45, 7) is 6.67. The van der Waals surface area contributed by atoms with E-state index in [9.17, 15) is 0 Å². The van der Waals surface area contributed by atoms with Crippen molar-refractivity contribution >= 4 is 40.2 Å². The molecule has 0 saturated carbocycles. The largest absolute Gasteiger partial charge is 0.421 e. The van der Waals surface area contributed by atoms with Crippen LogP contribution in [0.4, 0.5) is 17.1 Å². The molecule has 0 aliphatic carbocycles. The molecular weight excluding hydrogens is 585 g/mol. The Kier molecular flexibility index (Phi) is 7.58. The Morgan fingerprint density at radius 3 is 1.83 bits per heavy atom. The molecule has 8 rings (SSSR count). The summed E-state index contributed by atoms with van der Waals surface area (Å²) in [4.78, 5) is 12.3. The molecule has 0 bridgehead atoms. The lowest BCUT2D eigenvalue weighted by atomic mass is 9.33. The lowest BCUT2D eigenvalue weighted by molar-refractivity contribution is 0.446. The monoisotopic (exact) mass is 619 g/mol. The minimum atomic E-state index is 0.00329. The molecule has 0 radical (unpaired) electrons. The van der Waals surface area contributed by atoms with Crippen molar-refractivity contribution in [1.82, 2.24) is 9.97 Å². The molecule has 48 heavy (non-hydrogen) atoms. The summed E-state index contributed by atoms with van der Waals surface area (Å²) in [6.07, 6.45) is 0. The van der Waals surface area contributed by atoms with E-state index in [1.807, 2.05) is 60.7 Å². The molecular formula is C43H34BN3O. The van der Waals surface area contributed by atoms with Crippen LogP contribution in [0.5, 0.6) is 11.8 Å². The molecule has 1 aliphatic heterocycles. The molecule has 3 heterocycles. The van der Waals surface area contributed by atoms with Crippen molar-refractivity contribution < 1.29 is 4.74 Å². The average Bonchev–Trinajstić information content (AvgIpc) is 3.11. The zero-order chi connectivity index (χ0) is 32.6. The zero-order valence-corrected chi connectivity index (χ0v) is 27.3. The summed E-state index contributed by atoms with van der Waals surface area (Å²) in [5.41, 5.74) is 14.9. The van der Waals surface area contributed by atoms with Crippen LogP contribution in [0.3, 0.4) is 0 Å². The number of benzene rings is 5. The van der Waals surface area contributed by atoms with Crippen molar-refractivity contribution in [1.29, 1.82) is 0 Å². The van der Waals surface area contributed by atoms with Crippen LogP contribution in [0.25, 0.3) is 22.5 Å². The van der Waals surface area contributed by atoms with Crippen LogP contribution in [0, 0.1) is 20.8 Å². The highest BCUT2D eigenvalue weighted by atomic mass is 16.5. The summed E-state index contributed by atoms with van der Waals surface area (Å²) in [5.74, 6) is 1.00. The second-order valence-corrected chi connectivity index (χ2v) is 12.4. The second-order valence-electron chi connectivity index (χ2n) is 12.4. The lowest BCUT2D eigenvalue weighted by Gasteiger charge is -2.38. The highest BCUT2D eigenvalue weighted by Crippen LogP contribution is 2.38. The normalized spacial score (nSPS) is 12.0. The molecule has 0 fully saturated rings. The van der Waals surface area contributed by atoms with Gasteiger partial charge in [-0.1, -0.05) is 125 Å². The predicted octanol–water partition coefficient (Wildman–Crippen LogP) is 8.83. The number of ether oxygens (including phenoxy) is 1. The third-order valence-electron chi connectivity index (χ3n) is 9.14. The van der Waals surface area contributed by atoms with Gasteiger partial charge in [0.2, 0.25) is 18.5 Å². The van der Waals surface area contributed by atoms with Crippen LogP contribution >= 0.6 is 0 Å². The molecule has 5 heteroatoms. The summed E-state index contributed by atoms with van der Waals surface area (Å²) >= 11 is 0. The van der Waals surface area contributed by atoms with Crippen LogP contribution < -0.4 is 26.0 Å². The maximum Gasteiger partial charge on any atom is 0.248 e. The molecule has 7 aromatic rings. The Bertz CT molecular complexity index is 2250. The van der Waals surface area contributed by atoms with Gasteiger partial charge in [0.15, 0.2) is 0 Å². The Morgan fingerprint density at radius 1 is 0.521 bits per heavy atom. The first kappa shape index (κ1) is 29.5. The third-order valence-corrected chi connectivity index (χ3v) is 9.14. The summed E-state index contributed by atoms with van der Waals surface area (Å²) in [6, 6.07) is 52.6. The van der Waals surface area contributed by atoms with Gasteiger partial charge in [0.1, 0.15) is 0 Å². The molecule has 4 nitrogen and oxygen atoms in total. The molecule has 1 aliphatic rings. The minimum absolute atomic E-state index is 0.00329. The number of aromatic nitrogens is 2. The summed E-state index contributed by atoms with van der Waals surface area (Å²) in [7, 11) is 0. The molecule has 0 atom stereocenters. The molecule has 0 spiro atoms. The maximum absolute atomic E-state index is 6.32. The number of pyridine rings is 2. The van der Waals surface area contributed by atoms with Crippen LogP contribution in [0.1, 0.15) is 16.7 Å². The van der Waals surface area contributed by atoms with Gasteiger partial charge in [0.05, 0.1) is 11.4 Å². The Labute approximate surface area is 282 Å². The number of nitrogens with zero attached hydrogens (tertiary/aromatic N) is 3. The van der Waals surface area contributed by atoms with E-state index in [-0.39, 0.29) is 6.71 Å². The van der Waals surface area contributed by atoms with E-state index in [0.717, 1.165) is 33.9 Å². The SMILES string of the molecule is Cc1cc(C)c(B2c3ccccc3N(c3ccccc3)c3cccc(-c4cccc(Oc5cccc(-c6ccccc6)n5)n4)c32)c(C)c1. The number of anilines is 3. The minimum Gasteiger partial charge on any atom is -0.421 e. The molecule has 0 N–H and O–H groups in total. The first-order valence-electron chi connectivity index (χ1n) is 16.4. The third kappa shape index (κ3) is 5.33. The number of rotatable bonds is 6. The smallest absolute Gasteiger partial charge is 0.248 e. The van der Waals surface area contributed by atoms with Crippen LogP contribution in [-0.4, -0.2) is 16.7 Å². The highest BCUT2D eigenvalue weighted by molar-refractivity contribution is 6.99. The highest BCUT2D eigenvalue weighted by Gasteiger charge is 2.38. The lowest BCUT2D eigenvalue weighted by Crippen LogP contribution is -2.59. The van der Waals surface area contributed by atoms with Gasteiger partial charge in [0.25, 0.3) is 0 Å². The van der Waals surface area contributed by atoms with Crippen molar-refractivity contribution in [2.24, 2.45) is 0 Å². The van der Waals surface area contributed by atoms with Crippen molar-refractivity contribution in [3.05, 3.63) is 168 Å². The van der Waals surface area contributed by atoms with Gasteiger partial charge in [-0.05, 0) is 73.7 Å². The summed E-state index contributed by atoms with van der Waals surface area (Å²) in [5, 5.41) is 0. The van der Waals surface area contributed by atoms with E-state index in [1.165, 1.54) is 38.8 Å². The zero-order valence-electron chi connectivity index (χ0n) is 27.3. The van der Waals surface area contributed by atoms with Gasteiger partial charge < -0.3 is 9.64 Å². The van der Waals surface area contributed by atoms with E-state index >= 15 is 0 Å². The first-order valence-corrected chi connectivity index (χ1v) is 16.4. The van der Waals surface area contributed by atoms with E-state index in [1.54, 1.807) is 0 Å². The topological polar surface area (TPSA) is 38.2 Å². The van der Waals surface area contributed by atoms with Crippen molar-refractivity contribution in [3.8, 4) is 34.3 Å². The number of hydrogen-bond acceptors (Lipinski definition) is 4. The van der Waals surface area contributed by atoms with Gasteiger partial charge in [-0.3, -0.25) is 0 Å². The number of hydrogen-bond donors (Lipinski definition) is 0. The number of fused-ring (bicyclic) bond motifs is 2. The average molecular weight is 620 g/mol. The quantitative estimate of drug-likeness (QED) is 0.174. The fourth-order valence-electron chi connectivity index (χ4n) is 7.27. The standard InChI is InChI=1S/C43H34BN3O/c1-29-27-30(2)42(31(3)28-29)44-35-20-10-11-23-38(35)47(33-17-8-5-9-18-33)39-24-12-19-34(43(39)44)37-22-14-26-41(46-37)48-40-25-13-21-36(45-40)32-15-6-4-7-16-32/h4-28H,1-3H3. The van der Waals surface area contributed by atoms with Crippen molar-refractivity contribution in [2.45, 2.75) is 20.8 Å². The van der Waals surface area contributed by atoms with E-state index < -0.39 is 0 Å². The Morgan fingerprint density at radius 2 is 1.10 bits per heavy atom. The van der Waals surface area contributed by atoms with Gasteiger partial charge in [0, 0.05) is 34.8 Å². The Balaban J connectivity index is 1.30. The molecule has 2 aromatic heterocycles. The Hall–Kier alpha value is -5.94. The molecule has 0 unspecified atom stereocenters. The van der Waals surface area contributed by atoms with E-state index in [2.05, 4.69) is 117 Å². The maximum atomic E-state index is 6.32. The number of para-hydroxylation sites is 2. The van der Waals surface area contributed by atoms with Gasteiger partial charge in [-0.2, -0.15) is 0 Å². The first-order chi connectivity index (χ1) is 23.5. The van der Waals surface area contributed by atoms with Crippen molar-refractivity contribution in [2.75, 3.05) is 4.90 Å². The van der Waals surface area contributed by atoms with Crippen LogP contribution in [-0.2, 0) is 0 Å². The fourth-order valence-corrected chi connectivity index (χ4v) is 7.27. The van der Waals surface area contributed by atoms with Crippen molar-refractivity contribution in [3.63, 3.8) is 0 Å². The van der Waals surface area contributed by atoms with Gasteiger partial charge in [-0.15, -0.1) is 0 Å². The predicted molar refractivity (Wildman–Crippen MR) is 199 cm³/mol. The summed E-state index contributed by atoms with van der Waals surface area (Å²) < 4.78 is 6.32. The molecule has 0 amide bonds. The van der Waals surface area contributed by atoms with E-state index in [4.69, 9.17) is 14.7 Å². The number of aryl methyl sites for hydroxylation is 3. The molecule has 0 saturated heterocycles. The van der Waals surface area contributed by atoms with Gasteiger partial charge in [-0.25, -0.2) is 9.97 Å². The second kappa shape index (κ2) is 12.3. The van der Waals surface area contributed by atoms with Gasteiger partial charge >= 0.3 is 0 Å². The van der Waals surface area contributed by atoms with Crippen LogP contribution in [0.15, 0.2) is 152 Å².